The summed E-state index contributed by atoms with van der Waals surface area (Å²) in [5.41, 5.74) is 2.13. The van der Waals surface area contributed by atoms with E-state index in [1.54, 1.807) is 18.6 Å². The zero-order chi connectivity index (χ0) is 19.1. The van der Waals surface area contributed by atoms with Crippen LogP contribution >= 0.6 is 46.9 Å². The largest absolute Gasteiger partial charge is 0.386 e. The number of aliphatic hydroxyl groups is 1. The van der Waals surface area contributed by atoms with Gasteiger partial charge in [0.05, 0.1) is 22.9 Å². The average Bonchev–Trinajstić information content (AvgIpc) is 3.36. The van der Waals surface area contributed by atoms with Crippen molar-refractivity contribution in [3.8, 4) is 5.69 Å². The third-order valence-electron chi connectivity index (χ3n) is 3.91. The van der Waals surface area contributed by atoms with E-state index in [2.05, 4.69) is 20.6 Å². The molecule has 9 heteroatoms. The molecule has 0 aliphatic carbocycles. The van der Waals surface area contributed by atoms with Crippen LogP contribution in [0.25, 0.3) is 5.69 Å². The van der Waals surface area contributed by atoms with Crippen LogP contribution in [0.3, 0.4) is 0 Å². The molecule has 2 heterocycles. The third-order valence-corrected chi connectivity index (χ3v) is 5.24. The second-order valence-corrected chi connectivity index (χ2v) is 7.58. The molecule has 0 bridgehead atoms. The van der Waals surface area contributed by atoms with E-state index in [0.29, 0.717) is 23.4 Å². The molecule has 0 aliphatic rings. The van der Waals surface area contributed by atoms with Gasteiger partial charge in [0, 0.05) is 30.4 Å². The first-order chi connectivity index (χ1) is 13.2. The molecule has 3 N–H and O–H groups in total. The van der Waals surface area contributed by atoms with Gasteiger partial charge >= 0.3 is 0 Å². The molecule has 0 spiro atoms. The van der Waals surface area contributed by atoms with Crippen LogP contribution in [-0.2, 0) is 6.54 Å². The Bertz CT molecular complexity index is 884. The van der Waals surface area contributed by atoms with Gasteiger partial charge in [-0.1, -0.05) is 29.8 Å². The molecule has 150 valence electrons. The van der Waals surface area contributed by atoms with Gasteiger partial charge in [0.25, 0.3) is 0 Å². The van der Waals surface area contributed by atoms with Gasteiger partial charge in [-0.2, -0.15) is 0 Å². The molecule has 0 saturated carbocycles. The molecule has 1 unspecified atom stereocenters. The average molecular weight is 532 g/mol. The molecule has 0 saturated heterocycles. The predicted octanol–water partition coefficient (Wildman–Crippen LogP) is 3.99. The van der Waals surface area contributed by atoms with E-state index in [1.165, 1.54) is 11.3 Å². The van der Waals surface area contributed by atoms with Gasteiger partial charge in [0.1, 0.15) is 6.10 Å². The van der Waals surface area contributed by atoms with Crippen LogP contribution in [0.2, 0.25) is 4.34 Å². The van der Waals surface area contributed by atoms with Gasteiger partial charge in [0.15, 0.2) is 5.96 Å². The van der Waals surface area contributed by atoms with Gasteiger partial charge in [-0.25, -0.2) is 9.98 Å². The van der Waals surface area contributed by atoms with Crippen molar-refractivity contribution in [3.63, 3.8) is 0 Å². The van der Waals surface area contributed by atoms with E-state index >= 15 is 0 Å². The molecule has 2 aromatic heterocycles. The molecule has 0 amide bonds. The van der Waals surface area contributed by atoms with Gasteiger partial charge in [-0.3, -0.25) is 0 Å². The molecule has 1 aromatic carbocycles. The van der Waals surface area contributed by atoms with Crippen LogP contribution in [0, 0.1) is 0 Å². The monoisotopic (exact) mass is 531 g/mol. The first kappa shape index (κ1) is 22.7. The highest BCUT2D eigenvalue weighted by Crippen LogP contribution is 2.26. The summed E-state index contributed by atoms with van der Waals surface area (Å²) in [7, 11) is 0. The molecule has 1 atom stereocenters. The Kier molecular flexibility index (Phi) is 9.23. The minimum atomic E-state index is -0.635. The fourth-order valence-corrected chi connectivity index (χ4v) is 3.65. The molecule has 6 nitrogen and oxygen atoms in total. The highest BCUT2D eigenvalue weighted by Gasteiger charge is 2.11. The lowest BCUT2D eigenvalue weighted by atomic mass is 10.2. The Balaban J connectivity index is 0.00000280. The van der Waals surface area contributed by atoms with E-state index in [1.807, 2.05) is 48.0 Å². The fraction of sp³-hybridized carbons (Fsp3) is 0.263. The number of nitrogens with zero attached hydrogens (tertiary/aromatic N) is 3. The zero-order valence-corrected chi connectivity index (χ0v) is 19.3. The normalized spacial score (nSPS) is 12.3. The van der Waals surface area contributed by atoms with E-state index in [-0.39, 0.29) is 24.0 Å². The summed E-state index contributed by atoms with van der Waals surface area (Å²) in [5.74, 6) is 0.652. The fourth-order valence-electron chi connectivity index (χ4n) is 2.61. The number of para-hydroxylation sites is 1. The summed E-state index contributed by atoms with van der Waals surface area (Å²) in [6.07, 6.45) is 4.80. The summed E-state index contributed by atoms with van der Waals surface area (Å²) in [4.78, 5) is 9.59. The van der Waals surface area contributed by atoms with Gasteiger partial charge in [0.2, 0.25) is 0 Å². The number of halogens is 2. The number of nitrogens with one attached hydrogen (secondary N) is 2. The van der Waals surface area contributed by atoms with E-state index in [0.717, 1.165) is 22.7 Å². The number of aromatic nitrogens is 2. The van der Waals surface area contributed by atoms with Crippen LogP contribution in [0.15, 0.2) is 60.1 Å². The Morgan fingerprint density at radius 2 is 2.11 bits per heavy atom. The third kappa shape index (κ3) is 6.20. The van der Waals surface area contributed by atoms with E-state index in [4.69, 9.17) is 11.6 Å². The van der Waals surface area contributed by atoms with Crippen molar-refractivity contribution in [2.24, 2.45) is 4.99 Å². The minimum absolute atomic E-state index is 0. The molecular weight excluding hydrogens is 509 g/mol. The number of guanidine groups is 1. The number of benzene rings is 1. The molecule has 0 aliphatic heterocycles. The van der Waals surface area contributed by atoms with Crippen molar-refractivity contribution >= 4 is 52.9 Å². The summed E-state index contributed by atoms with van der Waals surface area (Å²) in [5, 5.41) is 16.7. The van der Waals surface area contributed by atoms with E-state index in [9.17, 15) is 5.11 Å². The molecule has 3 rings (SSSR count). The quantitative estimate of drug-likeness (QED) is 0.245. The van der Waals surface area contributed by atoms with Crippen molar-refractivity contribution in [2.75, 3.05) is 13.1 Å². The van der Waals surface area contributed by atoms with Crippen molar-refractivity contribution in [3.05, 3.63) is 69.9 Å². The molecule has 0 radical (unpaired) electrons. The van der Waals surface area contributed by atoms with Crippen LogP contribution in [0.4, 0.5) is 0 Å². The van der Waals surface area contributed by atoms with Crippen LogP contribution in [0.5, 0.6) is 0 Å². The summed E-state index contributed by atoms with van der Waals surface area (Å²) in [6.45, 7) is 3.60. The number of thiophene rings is 1. The Labute approximate surface area is 190 Å². The highest BCUT2D eigenvalue weighted by molar-refractivity contribution is 14.0. The lowest BCUT2D eigenvalue weighted by molar-refractivity contribution is 0.184. The van der Waals surface area contributed by atoms with Crippen molar-refractivity contribution in [1.82, 2.24) is 20.2 Å². The number of aliphatic imine (C=N–C) groups is 1. The number of imidazole rings is 1. The number of hydrogen-bond donors (Lipinski definition) is 3. The SMILES string of the molecule is CCNC(=NCc1ccccc1-n1ccnc1)NCC(O)c1ccc(Cl)s1.I. The predicted molar refractivity (Wildman–Crippen MR) is 126 cm³/mol. The number of rotatable bonds is 7. The second-order valence-electron chi connectivity index (χ2n) is 5.83. The van der Waals surface area contributed by atoms with Crippen molar-refractivity contribution < 1.29 is 5.11 Å². The minimum Gasteiger partial charge on any atom is -0.386 e. The maximum atomic E-state index is 10.3. The Morgan fingerprint density at radius 1 is 1.29 bits per heavy atom. The molecular formula is C19H23ClIN5OS. The topological polar surface area (TPSA) is 74.5 Å². The smallest absolute Gasteiger partial charge is 0.191 e. The number of aliphatic hydroxyl groups excluding tert-OH is 1. The van der Waals surface area contributed by atoms with Crippen molar-refractivity contribution in [2.45, 2.75) is 19.6 Å². The standard InChI is InChI=1S/C19H22ClN5OS.HI/c1-2-22-19(24-12-16(26)17-7-8-18(20)27-17)23-11-14-5-3-4-6-15(14)25-10-9-21-13-25;/h3-10,13,16,26H,2,11-12H2,1H3,(H2,22,23,24);1H. The second kappa shape index (κ2) is 11.4. The lowest BCUT2D eigenvalue weighted by Crippen LogP contribution is -2.39. The van der Waals surface area contributed by atoms with Crippen LogP contribution < -0.4 is 10.6 Å². The zero-order valence-electron chi connectivity index (χ0n) is 15.4. The van der Waals surface area contributed by atoms with Gasteiger partial charge < -0.3 is 20.3 Å². The first-order valence-electron chi connectivity index (χ1n) is 8.69. The summed E-state index contributed by atoms with van der Waals surface area (Å²) in [6, 6.07) is 11.7. The van der Waals surface area contributed by atoms with Crippen LogP contribution in [0.1, 0.15) is 23.5 Å². The molecule has 3 aromatic rings. The summed E-state index contributed by atoms with van der Waals surface area (Å²) >= 11 is 7.31. The summed E-state index contributed by atoms with van der Waals surface area (Å²) < 4.78 is 2.64. The lowest BCUT2D eigenvalue weighted by Gasteiger charge is -2.15. The molecule has 28 heavy (non-hydrogen) atoms. The Hall–Kier alpha value is -1.62. The van der Waals surface area contributed by atoms with Crippen molar-refractivity contribution in [1.29, 1.82) is 0 Å². The van der Waals surface area contributed by atoms with E-state index < -0.39 is 6.10 Å². The Morgan fingerprint density at radius 3 is 2.79 bits per heavy atom. The highest BCUT2D eigenvalue weighted by atomic mass is 127. The maximum absolute atomic E-state index is 10.3. The van der Waals surface area contributed by atoms with Gasteiger partial charge in [-0.05, 0) is 30.7 Å². The first-order valence-corrected chi connectivity index (χ1v) is 9.88. The maximum Gasteiger partial charge on any atom is 0.191 e. The molecule has 0 fully saturated rings. The number of hydrogen-bond acceptors (Lipinski definition) is 4. The van der Waals surface area contributed by atoms with Crippen LogP contribution in [-0.4, -0.2) is 33.7 Å². The van der Waals surface area contributed by atoms with Gasteiger partial charge in [-0.15, -0.1) is 35.3 Å².